The molecule has 2 heteroatoms. The zero-order chi connectivity index (χ0) is 20.1. The molecular weight excluding hydrogens is 376 g/mol. The molecule has 0 amide bonds. The molecule has 3 fully saturated rings. The molecule has 0 radical (unpaired) electrons. The number of aliphatic hydroxyl groups excluding tert-OH is 1. The van der Waals surface area contributed by atoms with E-state index in [2.05, 4.69) is 40.7 Å². The van der Waals surface area contributed by atoms with Crippen LogP contribution in [0, 0.1) is 46.3 Å². The lowest BCUT2D eigenvalue weighted by Gasteiger charge is -2.58. The molecule has 168 valence electrons. The van der Waals surface area contributed by atoms with Crippen LogP contribution in [-0.2, 0) is 0 Å². The van der Waals surface area contributed by atoms with Crippen LogP contribution in [0.3, 0.4) is 0 Å². The SMILES string of the molecule is CC(C)CCC[C@@H](C)[C@H]1CC[C@H]2[C@@H]3CC=C4C[C@@H](O)CC[C@]4(C)[C@H]3CC[C@]12C.Cl. The zero-order valence-corrected chi connectivity index (χ0v) is 20.6. The molecule has 4 aliphatic carbocycles. The lowest BCUT2D eigenvalue weighted by atomic mass is 9.47. The van der Waals surface area contributed by atoms with E-state index in [-0.39, 0.29) is 18.5 Å². The second-order valence-corrected chi connectivity index (χ2v) is 12.2. The third-order valence-electron chi connectivity index (χ3n) is 10.3. The van der Waals surface area contributed by atoms with Gasteiger partial charge in [0.25, 0.3) is 0 Å². The van der Waals surface area contributed by atoms with Crippen molar-refractivity contribution in [3.63, 3.8) is 0 Å². The smallest absolute Gasteiger partial charge is 0.0577 e. The molecule has 4 aliphatic rings. The second kappa shape index (κ2) is 8.85. The maximum atomic E-state index is 10.2. The van der Waals surface area contributed by atoms with Gasteiger partial charge in [0.1, 0.15) is 0 Å². The molecule has 29 heavy (non-hydrogen) atoms. The van der Waals surface area contributed by atoms with Crippen molar-refractivity contribution in [1.82, 2.24) is 0 Å². The van der Waals surface area contributed by atoms with Gasteiger partial charge < -0.3 is 5.11 Å². The predicted molar refractivity (Wildman–Crippen MR) is 126 cm³/mol. The largest absolute Gasteiger partial charge is 0.393 e. The van der Waals surface area contributed by atoms with Gasteiger partial charge in [-0.3, -0.25) is 0 Å². The third kappa shape index (κ3) is 4.09. The quantitative estimate of drug-likeness (QED) is 0.447. The first-order chi connectivity index (χ1) is 13.3. The fraction of sp³-hybridized carbons (Fsp3) is 0.926. The summed E-state index contributed by atoms with van der Waals surface area (Å²) in [6, 6.07) is 0. The molecule has 1 N–H and O–H groups in total. The fourth-order valence-electron chi connectivity index (χ4n) is 8.67. The lowest BCUT2D eigenvalue weighted by molar-refractivity contribution is -0.0573. The summed E-state index contributed by atoms with van der Waals surface area (Å²) in [5, 5.41) is 10.2. The van der Waals surface area contributed by atoms with Crippen molar-refractivity contribution in [1.29, 1.82) is 0 Å². The standard InChI is InChI=1S/C27H46O.ClH/c1-18(2)7-6-8-19(3)23-11-12-24-22-10-9-20-17-21(28)13-15-26(20,4)25(22)14-16-27(23,24)5;/h9,18-19,21-25,28H,6-8,10-17H2,1-5H3;1H/t19-,21+,22+,23-,24+,25+,26+,27-;/m1./s1. The molecule has 0 aromatic rings. The van der Waals surface area contributed by atoms with Crippen molar-refractivity contribution in [2.24, 2.45) is 46.3 Å². The average Bonchev–Trinajstić information content (AvgIpc) is 2.99. The number of allylic oxidation sites excluding steroid dienone is 1. The Bertz CT molecular complexity index is 597. The first kappa shape index (κ1) is 23.6. The summed E-state index contributed by atoms with van der Waals surface area (Å²) in [7, 11) is 0. The minimum absolute atomic E-state index is 0. The minimum atomic E-state index is -0.0766. The van der Waals surface area contributed by atoms with Gasteiger partial charge in [-0.25, -0.2) is 0 Å². The van der Waals surface area contributed by atoms with E-state index in [9.17, 15) is 5.11 Å². The van der Waals surface area contributed by atoms with Crippen molar-refractivity contribution < 1.29 is 5.11 Å². The first-order valence-electron chi connectivity index (χ1n) is 12.6. The monoisotopic (exact) mass is 422 g/mol. The Morgan fingerprint density at radius 2 is 1.76 bits per heavy atom. The summed E-state index contributed by atoms with van der Waals surface area (Å²) in [6.07, 6.45) is 17.2. The van der Waals surface area contributed by atoms with Crippen LogP contribution in [0.4, 0.5) is 0 Å². The Morgan fingerprint density at radius 1 is 1.00 bits per heavy atom. The second-order valence-electron chi connectivity index (χ2n) is 12.2. The molecule has 0 aromatic heterocycles. The molecule has 0 saturated heterocycles. The molecule has 8 atom stereocenters. The Kier molecular flexibility index (Phi) is 7.22. The van der Waals surface area contributed by atoms with E-state index >= 15 is 0 Å². The van der Waals surface area contributed by atoms with E-state index in [0.717, 1.165) is 48.3 Å². The summed E-state index contributed by atoms with van der Waals surface area (Å²) in [6.45, 7) is 12.6. The summed E-state index contributed by atoms with van der Waals surface area (Å²) in [5.41, 5.74) is 2.60. The number of aliphatic hydroxyl groups is 1. The van der Waals surface area contributed by atoms with Crippen LogP contribution in [0.1, 0.15) is 105 Å². The summed E-state index contributed by atoms with van der Waals surface area (Å²) >= 11 is 0. The summed E-state index contributed by atoms with van der Waals surface area (Å²) in [5.74, 6) is 5.46. The van der Waals surface area contributed by atoms with Crippen LogP contribution in [0.5, 0.6) is 0 Å². The molecule has 0 spiro atoms. The Balaban J connectivity index is 0.00000240. The van der Waals surface area contributed by atoms with Gasteiger partial charge in [-0.2, -0.15) is 0 Å². The van der Waals surface area contributed by atoms with Gasteiger partial charge in [0.2, 0.25) is 0 Å². The summed E-state index contributed by atoms with van der Waals surface area (Å²) < 4.78 is 0. The normalized spacial score (nSPS) is 44.9. The van der Waals surface area contributed by atoms with Crippen molar-refractivity contribution in [2.45, 2.75) is 111 Å². The Labute approximate surface area is 186 Å². The van der Waals surface area contributed by atoms with Crippen LogP contribution in [0.25, 0.3) is 0 Å². The van der Waals surface area contributed by atoms with Crippen LogP contribution < -0.4 is 0 Å². The number of fused-ring (bicyclic) bond motifs is 5. The lowest BCUT2D eigenvalue weighted by Crippen LogP contribution is -2.50. The average molecular weight is 423 g/mol. The first-order valence-corrected chi connectivity index (χ1v) is 12.6. The highest BCUT2D eigenvalue weighted by molar-refractivity contribution is 5.85. The van der Waals surface area contributed by atoms with Crippen LogP contribution >= 0.6 is 12.4 Å². The maximum absolute atomic E-state index is 10.2. The van der Waals surface area contributed by atoms with Gasteiger partial charge >= 0.3 is 0 Å². The van der Waals surface area contributed by atoms with Gasteiger partial charge in [-0.05, 0) is 97.7 Å². The van der Waals surface area contributed by atoms with Crippen molar-refractivity contribution in [2.75, 3.05) is 0 Å². The minimum Gasteiger partial charge on any atom is -0.393 e. The van der Waals surface area contributed by atoms with Gasteiger partial charge in [0.15, 0.2) is 0 Å². The highest BCUT2D eigenvalue weighted by Crippen LogP contribution is 2.67. The van der Waals surface area contributed by atoms with Crippen molar-refractivity contribution >= 4 is 12.4 Å². The predicted octanol–water partition coefficient (Wildman–Crippen LogP) is 7.81. The highest BCUT2D eigenvalue weighted by atomic mass is 35.5. The highest BCUT2D eigenvalue weighted by Gasteiger charge is 2.59. The zero-order valence-electron chi connectivity index (χ0n) is 19.8. The number of hydrogen-bond donors (Lipinski definition) is 1. The van der Waals surface area contributed by atoms with E-state index in [0.29, 0.717) is 10.8 Å². The Hall–Kier alpha value is -0.0100. The van der Waals surface area contributed by atoms with E-state index in [1.807, 2.05) is 0 Å². The van der Waals surface area contributed by atoms with E-state index in [4.69, 9.17) is 0 Å². The van der Waals surface area contributed by atoms with E-state index in [1.54, 1.807) is 5.57 Å². The number of rotatable bonds is 5. The molecule has 4 rings (SSSR count). The molecule has 0 aliphatic heterocycles. The van der Waals surface area contributed by atoms with Crippen molar-refractivity contribution in [3.8, 4) is 0 Å². The third-order valence-corrected chi connectivity index (χ3v) is 10.3. The van der Waals surface area contributed by atoms with Crippen LogP contribution in [0.2, 0.25) is 0 Å². The molecule has 0 unspecified atom stereocenters. The van der Waals surface area contributed by atoms with Gasteiger partial charge in [0, 0.05) is 0 Å². The molecular formula is C27H47ClO. The molecule has 0 bridgehead atoms. The number of hydrogen-bond acceptors (Lipinski definition) is 1. The molecule has 0 heterocycles. The fourth-order valence-corrected chi connectivity index (χ4v) is 8.67. The molecule has 0 aromatic carbocycles. The Morgan fingerprint density at radius 3 is 2.48 bits per heavy atom. The topological polar surface area (TPSA) is 20.2 Å². The van der Waals surface area contributed by atoms with Gasteiger partial charge in [-0.15, -0.1) is 12.4 Å². The maximum Gasteiger partial charge on any atom is 0.0577 e. The van der Waals surface area contributed by atoms with Gasteiger partial charge in [-0.1, -0.05) is 65.5 Å². The summed E-state index contributed by atoms with van der Waals surface area (Å²) in [4.78, 5) is 0. The number of halogens is 1. The van der Waals surface area contributed by atoms with Crippen LogP contribution in [-0.4, -0.2) is 11.2 Å². The van der Waals surface area contributed by atoms with Crippen LogP contribution in [0.15, 0.2) is 11.6 Å². The van der Waals surface area contributed by atoms with E-state index < -0.39 is 0 Å². The molecule has 3 saturated carbocycles. The van der Waals surface area contributed by atoms with Gasteiger partial charge in [0.05, 0.1) is 6.10 Å². The van der Waals surface area contributed by atoms with Crippen molar-refractivity contribution in [3.05, 3.63) is 11.6 Å². The molecule has 1 nitrogen and oxygen atoms in total. The van der Waals surface area contributed by atoms with E-state index in [1.165, 1.54) is 57.8 Å².